The summed E-state index contributed by atoms with van der Waals surface area (Å²) < 4.78 is 5.76. The number of nitrogens with zero attached hydrogens (tertiary/aromatic N) is 3. The standard InChI is InChI=1S/C19H20N4O3S/c1-27-19-21-17(14(11-20)18(25)22-19)13-7-3-4-8-15(13)26-12-16(24)23-9-5-2-6-10-23/h3-4,7-8H,2,5-6,9-10,12H2,1H3,(H,21,22,25). The minimum atomic E-state index is -0.494. The van der Waals surface area contributed by atoms with Gasteiger partial charge in [-0.15, -0.1) is 0 Å². The van der Waals surface area contributed by atoms with E-state index in [9.17, 15) is 14.9 Å². The predicted octanol–water partition coefficient (Wildman–Crippen LogP) is 2.42. The summed E-state index contributed by atoms with van der Waals surface area (Å²) in [5.74, 6) is 0.359. The molecule has 140 valence electrons. The average molecular weight is 384 g/mol. The number of carbonyl (C=O) groups excluding carboxylic acids is 1. The van der Waals surface area contributed by atoms with Crippen LogP contribution in [0.25, 0.3) is 11.3 Å². The molecule has 1 N–H and O–H groups in total. The van der Waals surface area contributed by atoms with Crippen molar-refractivity contribution in [2.24, 2.45) is 0 Å². The van der Waals surface area contributed by atoms with Crippen molar-refractivity contribution in [3.63, 3.8) is 0 Å². The van der Waals surface area contributed by atoms with Crippen molar-refractivity contribution >= 4 is 17.7 Å². The van der Waals surface area contributed by atoms with Gasteiger partial charge in [-0.05, 0) is 37.7 Å². The zero-order chi connectivity index (χ0) is 19.2. The quantitative estimate of drug-likeness (QED) is 0.628. The van der Waals surface area contributed by atoms with Crippen LogP contribution in [0, 0.1) is 11.3 Å². The largest absolute Gasteiger partial charge is 0.483 e. The fraction of sp³-hybridized carbons (Fsp3) is 0.368. The minimum absolute atomic E-state index is 0.0614. The van der Waals surface area contributed by atoms with Gasteiger partial charge in [-0.25, -0.2) is 4.98 Å². The van der Waals surface area contributed by atoms with Crippen LogP contribution in [0.4, 0.5) is 0 Å². The molecule has 8 heteroatoms. The number of thioether (sulfide) groups is 1. The van der Waals surface area contributed by atoms with Gasteiger partial charge >= 0.3 is 0 Å². The highest BCUT2D eigenvalue weighted by atomic mass is 32.2. The second-order valence-electron chi connectivity index (χ2n) is 6.14. The lowest BCUT2D eigenvalue weighted by molar-refractivity contribution is -0.134. The number of nitrogens with one attached hydrogen (secondary N) is 1. The SMILES string of the molecule is CSc1nc(-c2ccccc2OCC(=O)N2CCCCC2)c(C#N)c(=O)[nH]1. The molecule has 1 aromatic carbocycles. The number of H-pyrrole nitrogens is 1. The van der Waals surface area contributed by atoms with Gasteiger partial charge in [0, 0.05) is 18.7 Å². The lowest BCUT2D eigenvalue weighted by Crippen LogP contribution is -2.38. The molecule has 0 unspecified atom stereocenters. The zero-order valence-electron chi connectivity index (χ0n) is 15.0. The number of carbonyl (C=O) groups is 1. The van der Waals surface area contributed by atoms with Crippen LogP contribution < -0.4 is 10.3 Å². The maximum Gasteiger partial charge on any atom is 0.270 e. The first-order valence-corrected chi connectivity index (χ1v) is 9.95. The maximum absolute atomic E-state index is 12.4. The number of para-hydroxylation sites is 1. The van der Waals surface area contributed by atoms with Crippen LogP contribution in [-0.4, -0.2) is 46.7 Å². The van der Waals surface area contributed by atoms with E-state index in [1.54, 1.807) is 30.5 Å². The van der Waals surface area contributed by atoms with Gasteiger partial charge in [0.1, 0.15) is 23.1 Å². The third-order valence-corrected chi connectivity index (χ3v) is 4.98. The molecule has 3 rings (SSSR count). The van der Waals surface area contributed by atoms with Crippen LogP contribution in [0.5, 0.6) is 5.75 Å². The molecule has 27 heavy (non-hydrogen) atoms. The number of likely N-dealkylation sites (tertiary alicyclic amines) is 1. The minimum Gasteiger partial charge on any atom is -0.483 e. The van der Waals surface area contributed by atoms with E-state index in [4.69, 9.17) is 4.74 Å². The van der Waals surface area contributed by atoms with Crippen molar-refractivity contribution < 1.29 is 9.53 Å². The van der Waals surface area contributed by atoms with E-state index in [1.807, 2.05) is 11.0 Å². The Morgan fingerprint density at radius 1 is 1.33 bits per heavy atom. The van der Waals surface area contributed by atoms with Gasteiger partial charge in [0.15, 0.2) is 11.8 Å². The number of rotatable bonds is 5. The lowest BCUT2D eigenvalue weighted by atomic mass is 10.1. The molecule has 0 atom stereocenters. The molecule has 1 saturated heterocycles. The predicted molar refractivity (Wildman–Crippen MR) is 103 cm³/mol. The summed E-state index contributed by atoms with van der Waals surface area (Å²) in [6, 6.07) is 8.90. The Hall–Kier alpha value is -2.79. The molecule has 2 aromatic rings. The van der Waals surface area contributed by atoms with Gasteiger partial charge in [0.25, 0.3) is 11.5 Å². The van der Waals surface area contributed by atoms with E-state index in [0.717, 1.165) is 32.4 Å². The van der Waals surface area contributed by atoms with Crippen LogP contribution in [-0.2, 0) is 4.79 Å². The van der Waals surface area contributed by atoms with E-state index < -0.39 is 5.56 Å². The second kappa shape index (κ2) is 8.73. The number of piperidine rings is 1. The van der Waals surface area contributed by atoms with Crippen LogP contribution in [0.2, 0.25) is 0 Å². The van der Waals surface area contributed by atoms with Crippen LogP contribution in [0.3, 0.4) is 0 Å². The fourth-order valence-electron chi connectivity index (χ4n) is 3.01. The highest BCUT2D eigenvalue weighted by Gasteiger charge is 2.20. The molecule has 7 nitrogen and oxygen atoms in total. The Bertz CT molecular complexity index is 929. The molecule has 1 aromatic heterocycles. The molecular formula is C19H20N4O3S. The highest BCUT2D eigenvalue weighted by molar-refractivity contribution is 7.98. The number of benzene rings is 1. The Balaban J connectivity index is 1.89. The van der Waals surface area contributed by atoms with Gasteiger partial charge in [0.2, 0.25) is 0 Å². The summed E-state index contributed by atoms with van der Waals surface area (Å²) in [4.78, 5) is 33.3. The van der Waals surface area contributed by atoms with Gasteiger partial charge < -0.3 is 14.6 Å². The van der Waals surface area contributed by atoms with Crippen molar-refractivity contribution in [2.45, 2.75) is 24.4 Å². The number of nitriles is 1. The first-order chi connectivity index (χ1) is 13.1. The number of ether oxygens (including phenoxy) is 1. The molecule has 1 fully saturated rings. The molecular weight excluding hydrogens is 364 g/mol. The molecule has 2 heterocycles. The third kappa shape index (κ3) is 4.31. The van der Waals surface area contributed by atoms with Crippen LogP contribution >= 0.6 is 11.8 Å². The van der Waals surface area contributed by atoms with Gasteiger partial charge in [0.05, 0.1) is 0 Å². The zero-order valence-corrected chi connectivity index (χ0v) is 15.8. The Labute approximate surface area is 161 Å². The molecule has 0 saturated carbocycles. The van der Waals surface area contributed by atoms with E-state index in [0.29, 0.717) is 16.5 Å². The van der Waals surface area contributed by atoms with Crippen LogP contribution in [0.1, 0.15) is 24.8 Å². The first kappa shape index (κ1) is 19.0. The average Bonchev–Trinajstić information content (AvgIpc) is 2.72. The molecule has 0 bridgehead atoms. The maximum atomic E-state index is 12.4. The van der Waals surface area contributed by atoms with E-state index in [2.05, 4.69) is 9.97 Å². The fourth-order valence-corrected chi connectivity index (χ4v) is 3.39. The van der Waals surface area contributed by atoms with Crippen molar-refractivity contribution in [3.8, 4) is 23.1 Å². The molecule has 0 aliphatic carbocycles. The molecule has 1 aliphatic rings. The van der Waals surface area contributed by atoms with Gasteiger partial charge in [-0.1, -0.05) is 23.9 Å². The van der Waals surface area contributed by atoms with Crippen molar-refractivity contribution in [1.82, 2.24) is 14.9 Å². The van der Waals surface area contributed by atoms with Crippen molar-refractivity contribution in [2.75, 3.05) is 26.0 Å². The van der Waals surface area contributed by atoms with Crippen molar-refractivity contribution in [1.29, 1.82) is 5.26 Å². The Morgan fingerprint density at radius 2 is 2.07 bits per heavy atom. The topological polar surface area (TPSA) is 99.1 Å². The molecule has 0 spiro atoms. The van der Waals surface area contributed by atoms with Crippen LogP contribution in [0.15, 0.2) is 34.2 Å². The van der Waals surface area contributed by atoms with E-state index >= 15 is 0 Å². The number of hydrogen-bond donors (Lipinski definition) is 1. The summed E-state index contributed by atoms with van der Waals surface area (Å²) in [7, 11) is 0. The molecule has 1 aliphatic heterocycles. The lowest BCUT2D eigenvalue weighted by Gasteiger charge is -2.26. The first-order valence-electron chi connectivity index (χ1n) is 8.72. The van der Waals surface area contributed by atoms with Gasteiger partial charge in [-0.2, -0.15) is 5.26 Å². The summed E-state index contributed by atoms with van der Waals surface area (Å²) in [5, 5.41) is 9.80. The number of hydrogen-bond acceptors (Lipinski definition) is 6. The van der Waals surface area contributed by atoms with Crippen molar-refractivity contribution in [3.05, 3.63) is 40.2 Å². The van der Waals surface area contributed by atoms with Gasteiger partial charge in [-0.3, -0.25) is 9.59 Å². The smallest absolute Gasteiger partial charge is 0.270 e. The molecule has 1 amide bonds. The summed E-state index contributed by atoms with van der Waals surface area (Å²) in [6.07, 6.45) is 4.97. The Morgan fingerprint density at radius 3 is 2.78 bits per heavy atom. The number of amides is 1. The third-order valence-electron chi connectivity index (χ3n) is 4.40. The van der Waals surface area contributed by atoms with E-state index in [-0.39, 0.29) is 23.8 Å². The summed E-state index contributed by atoms with van der Waals surface area (Å²) in [6.45, 7) is 1.43. The normalized spacial score (nSPS) is 13.9. The number of aromatic nitrogens is 2. The summed E-state index contributed by atoms with van der Waals surface area (Å²) >= 11 is 1.28. The Kier molecular flexibility index (Phi) is 6.14. The number of aromatic amines is 1. The summed E-state index contributed by atoms with van der Waals surface area (Å²) in [5.41, 5.74) is 0.200. The van der Waals surface area contributed by atoms with E-state index in [1.165, 1.54) is 11.8 Å². The highest BCUT2D eigenvalue weighted by Crippen LogP contribution is 2.30. The monoisotopic (exact) mass is 384 g/mol. The molecule has 0 radical (unpaired) electrons. The second-order valence-corrected chi connectivity index (χ2v) is 6.93.